The van der Waals surface area contributed by atoms with Gasteiger partial charge in [-0.25, -0.2) is 12.8 Å². The summed E-state index contributed by atoms with van der Waals surface area (Å²) in [6, 6.07) is 9.85. The fourth-order valence-electron chi connectivity index (χ4n) is 3.55. The summed E-state index contributed by atoms with van der Waals surface area (Å²) in [4.78, 5) is 12.3. The molecule has 0 radical (unpaired) electrons. The van der Waals surface area contributed by atoms with Crippen LogP contribution in [-0.2, 0) is 21.2 Å². The molecule has 1 N–H and O–H groups in total. The van der Waals surface area contributed by atoms with Gasteiger partial charge in [0.25, 0.3) is 0 Å². The van der Waals surface area contributed by atoms with Gasteiger partial charge in [-0.2, -0.15) is 4.31 Å². The molecule has 0 spiro atoms. The van der Waals surface area contributed by atoms with E-state index in [1.165, 1.54) is 18.2 Å². The Kier molecular flexibility index (Phi) is 6.94. The summed E-state index contributed by atoms with van der Waals surface area (Å²) >= 11 is 0. The summed E-state index contributed by atoms with van der Waals surface area (Å²) in [6.07, 6.45) is 1.48. The molecule has 0 bridgehead atoms. The lowest BCUT2D eigenvalue weighted by molar-refractivity contribution is -0.124. The smallest absolute Gasteiger partial charge is 0.246 e. The lowest BCUT2D eigenvalue weighted by Crippen LogP contribution is -2.46. The van der Waals surface area contributed by atoms with E-state index in [0.29, 0.717) is 37.3 Å². The summed E-state index contributed by atoms with van der Waals surface area (Å²) in [5.74, 6) is 0.00871. The summed E-state index contributed by atoms with van der Waals surface area (Å²) < 4.78 is 51.4. The molecule has 2 aromatic carbocycles. The number of carbonyl (C=O) groups excluding carboxylic acids is 1. The molecule has 1 aliphatic heterocycles. The molecule has 0 saturated carbocycles. The molecule has 3 rings (SSSR count). The molecule has 162 valence electrons. The van der Waals surface area contributed by atoms with Gasteiger partial charge >= 0.3 is 0 Å². The highest BCUT2D eigenvalue weighted by molar-refractivity contribution is 7.89. The number of sulfonamides is 1. The van der Waals surface area contributed by atoms with Crippen LogP contribution in [0.3, 0.4) is 0 Å². The summed E-state index contributed by atoms with van der Waals surface area (Å²) in [5.41, 5.74) is 0.940. The van der Waals surface area contributed by atoms with E-state index in [0.717, 1.165) is 15.9 Å². The average Bonchev–Trinajstić information content (AvgIpc) is 3.25. The van der Waals surface area contributed by atoms with E-state index in [1.807, 2.05) is 12.1 Å². The minimum atomic E-state index is -4.09. The molecule has 1 atom stereocenters. The molecule has 1 aliphatic rings. The van der Waals surface area contributed by atoms with Crippen LogP contribution < -0.4 is 14.8 Å². The molecule has 7 nitrogen and oxygen atoms in total. The second-order valence-electron chi connectivity index (χ2n) is 6.93. The Morgan fingerprint density at radius 3 is 2.60 bits per heavy atom. The number of amides is 1. The minimum absolute atomic E-state index is 0.185. The van der Waals surface area contributed by atoms with Gasteiger partial charge in [-0.3, -0.25) is 4.79 Å². The zero-order chi connectivity index (χ0) is 21.7. The van der Waals surface area contributed by atoms with Crippen molar-refractivity contribution >= 4 is 15.9 Å². The third-order valence-corrected chi connectivity index (χ3v) is 7.03. The van der Waals surface area contributed by atoms with E-state index in [-0.39, 0.29) is 12.5 Å². The normalized spacial score (nSPS) is 17.0. The van der Waals surface area contributed by atoms with E-state index in [2.05, 4.69) is 5.32 Å². The standard InChI is InChI=1S/C21H25FN2O5S/c1-28-18-10-9-15(14-19(18)29-2)11-12-23-21(25)17-7-5-13-24(17)30(26,27)20-8-4-3-6-16(20)22/h3-4,6,8-10,14,17H,5,7,11-13H2,1-2H3,(H,23,25)/t17-/m0/s1. The fraction of sp³-hybridized carbons (Fsp3) is 0.381. The van der Waals surface area contributed by atoms with Crippen molar-refractivity contribution in [3.05, 3.63) is 53.8 Å². The maximum atomic E-state index is 14.0. The van der Waals surface area contributed by atoms with Gasteiger partial charge in [-0.1, -0.05) is 18.2 Å². The molecular weight excluding hydrogens is 411 g/mol. The Hall–Kier alpha value is -2.65. The molecule has 1 saturated heterocycles. The summed E-state index contributed by atoms with van der Waals surface area (Å²) in [6.45, 7) is 0.517. The van der Waals surface area contributed by atoms with E-state index in [4.69, 9.17) is 9.47 Å². The highest BCUT2D eigenvalue weighted by atomic mass is 32.2. The average molecular weight is 437 g/mol. The van der Waals surface area contributed by atoms with Crippen LogP contribution in [0.25, 0.3) is 0 Å². The van der Waals surface area contributed by atoms with Crippen LogP contribution in [0.2, 0.25) is 0 Å². The number of hydrogen-bond acceptors (Lipinski definition) is 5. The number of halogens is 1. The van der Waals surface area contributed by atoms with Gasteiger partial charge in [0.05, 0.1) is 14.2 Å². The first kappa shape index (κ1) is 22.0. The van der Waals surface area contributed by atoms with Gasteiger partial charge in [0, 0.05) is 13.1 Å². The number of nitrogens with one attached hydrogen (secondary N) is 1. The van der Waals surface area contributed by atoms with Crippen LogP contribution in [0.5, 0.6) is 11.5 Å². The van der Waals surface area contributed by atoms with Gasteiger partial charge in [0.2, 0.25) is 15.9 Å². The number of nitrogens with zero attached hydrogens (tertiary/aromatic N) is 1. The third-order valence-electron chi connectivity index (χ3n) is 5.09. The Labute approximate surface area is 175 Å². The van der Waals surface area contributed by atoms with Crippen molar-refractivity contribution in [2.75, 3.05) is 27.3 Å². The van der Waals surface area contributed by atoms with Crippen molar-refractivity contribution in [2.24, 2.45) is 0 Å². The van der Waals surface area contributed by atoms with Crippen molar-refractivity contribution in [1.29, 1.82) is 0 Å². The minimum Gasteiger partial charge on any atom is -0.493 e. The molecule has 0 aromatic heterocycles. The molecular formula is C21H25FN2O5S. The lowest BCUT2D eigenvalue weighted by Gasteiger charge is -2.23. The first-order chi connectivity index (χ1) is 14.4. The molecule has 1 amide bonds. The van der Waals surface area contributed by atoms with Gasteiger partial charge in [0.1, 0.15) is 16.8 Å². The molecule has 9 heteroatoms. The van der Waals surface area contributed by atoms with Crippen LogP contribution >= 0.6 is 0 Å². The molecule has 30 heavy (non-hydrogen) atoms. The van der Waals surface area contributed by atoms with Crippen molar-refractivity contribution in [1.82, 2.24) is 9.62 Å². The van der Waals surface area contributed by atoms with Crippen molar-refractivity contribution in [3.8, 4) is 11.5 Å². The predicted molar refractivity (Wildman–Crippen MR) is 110 cm³/mol. The molecule has 2 aromatic rings. The first-order valence-corrected chi connectivity index (χ1v) is 11.1. The molecule has 1 fully saturated rings. The lowest BCUT2D eigenvalue weighted by atomic mass is 10.1. The molecule has 0 aliphatic carbocycles. The summed E-state index contributed by atoms with van der Waals surface area (Å²) in [7, 11) is -0.985. The van der Waals surface area contributed by atoms with E-state index in [9.17, 15) is 17.6 Å². The zero-order valence-electron chi connectivity index (χ0n) is 16.9. The maximum Gasteiger partial charge on any atom is 0.246 e. The number of hydrogen-bond donors (Lipinski definition) is 1. The zero-order valence-corrected chi connectivity index (χ0v) is 17.7. The van der Waals surface area contributed by atoms with E-state index >= 15 is 0 Å². The van der Waals surface area contributed by atoms with Crippen molar-refractivity contribution in [2.45, 2.75) is 30.2 Å². The van der Waals surface area contributed by atoms with Crippen molar-refractivity contribution < 1.29 is 27.1 Å². The quantitative estimate of drug-likeness (QED) is 0.687. The van der Waals surface area contributed by atoms with Gasteiger partial charge in [0.15, 0.2) is 11.5 Å². The van der Waals surface area contributed by atoms with Crippen LogP contribution in [0.4, 0.5) is 4.39 Å². The van der Waals surface area contributed by atoms with Crippen LogP contribution in [0.15, 0.2) is 47.4 Å². The number of ether oxygens (including phenoxy) is 2. The fourth-order valence-corrected chi connectivity index (χ4v) is 5.28. The number of methoxy groups -OCH3 is 2. The molecule has 0 unspecified atom stereocenters. The van der Waals surface area contributed by atoms with Crippen LogP contribution in [0.1, 0.15) is 18.4 Å². The predicted octanol–water partition coefficient (Wildman–Crippen LogP) is 2.35. The Morgan fingerprint density at radius 1 is 1.17 bits per heavy atom. The highest BCUT2D eigenvalue weighted by Crippen LogP contribution is 2.29. The Morgan fingerprint density at radius 2 is 1.90 bits per heavy atom. The topological polar surface area (TPSA) is 84.9 Å². The van der Waals surface area contributed by atoms with Crippen LogP contribution in [0, 0.1) is 5.82 Å². The highest BCUT2D eigenvalue weighted by Gasteiger charge is 2.40. The third kappa shape index (κ3) is 4.57. The monoisotopic (exact) mass is 436 g/mol. The Bertz CT molecular complexity index is 1010. The largest absolute Gasteiger partial charge is 0.493 e. The molecule has 1 heterocycles. The van der Waals surface area contributed by atoms with E-state index in [1.54, 1.807) is 20.3 Å². The van der Waals surface area contributed by atoms with Crippen LogP contribution in [-0.4, -0.2) is 52.0 Å². The number of rotatable bonds is 8. The second-order valence-corrected chi connectivity index (χ2v) is 8.79. The van der Waals surface area contributed by atoms with Gasteiger partial charge in [-0.05, 0) is 49.1 Å². The van der Waals surface area contributed by atoms with Crippen molar-refractivity contribution in [3.63, 3.8) is 0 Å². The first-order valence-electron chi connectivity index (χ1n) is 9.63. The number of carbonyl (C=O) groups is 1. The number of benzene rings is 2. The second kappa shape index (κ2) is 9.44. The summed E-state index contributed by atoms with van der Waals surface area (Å²) in [5, 5.41) is 2.80. The van der Waals surface area contributed by atoms with Gasteiger partial charge < -0.3 is 14.8 Å². The maximum absolute atomic E-state index is 14.0. The van der Waals surface area contributed by atoms with Gasteiger partial charge in [-0.15, -0.1) is 0 Å². The SMILES string of the molecule is COc1ccc(CCNC(=O)[C@@H]2CCCN2S(=O)(=O)c2ccccc2F)cc1OC. The Balaban J connectivity index is 1.65. The van der Waals surface area contributed by atoms with E-state index < -0.39 is 26.8 Å².